The number of aryl methyl sites for hydroxylation is 2. The largest absolute Gasteiger partial charge is 0.341 e. The molecule has 1 unspecified atom stereocenters. The lowest BCUT2D eigenvalue weighted by molar-refractivity contribution is -0.132. The van der Waals surface area contributed by atoms with Gasteiger partial charge in [0.2, 0.25) is 5.91 Å². The SMILES string of the molecule is Cc1nn(C)c(C)c1CC(=O)N(C)C1CCCN(Cc2ccccc2)C1. The van der Waals surface area contributed by atoms with Gasteiger partial charge >= 0.3 is 0 Å². The van der Waals surface area contributed by atoms with Crippen LogP contribution >= 0.6 is 0 Å². The van der Waals surface area contributed by atoms with Crippen LogP contribution in [0.25, 0.3) is 0 Å². The van der Waals surface area contributed by atoms with Crippen LogP contribution in [-0.4, -0.2) is 51.7 Å². The predicted octanol–water partition coefficient (Wildman–Crippen LogP) is 2.70. The smallest absolute Gasteiger partial charge is 0.227 e. The third-order valence-corrected chi connectivity index (χ3v) is 5.66. The second-order valence-corrected chi connectivity index (χ2v) is 7.47. The third kappa shape index (κ3) is 4.15. The minimum absolute atomic E-state index is 0.191. The standard InChI is InChI=1S/C21H30N4O/c1-16-20(17(2)24(4)22-16)13-21(26)23(3)19-11-8-12-25(15-19)14-18-9-6-5-7-10-18/h5-7,9-10,19H,8,11-15H2,1-4H3. The van der Waals surface area contributed by atoms with Crippen molar-refractivity contribution in [1.29, 1.82) is 0 Å². The van der Waals surface area contributed by atoms with Gasteiger partial charge in [-0.15, -0.1) is 0 Å². The van der Waals surface area contributed by atoms with Crippen LogP contribution in [0, 0.1) is 13.8 Å². The summed E-state index contributed by atoms with van der Waals surface area (Å²) in [6.07, 6.45) is 2.66. The summed E-state index contributed by atoms with van der Waals surface area (Å²) in [6.45, 7) is 7.03. The number of carbonyl (C=O) groups is 1. The van der Waals surface area contributed by atoms with Crippen molar-refractivity contribution in [3.05, 3.63) is 52.8 Å². The summed E-state index contributed by atoms with van der Waals surface area (Å²) in [5.74, 6) is 0.191. The van der Waals surface area contributed by atoms with Gasteiger partial charge in [-0.3, -0.25) is 14.4 Å². The first-order chi connectivity index (χ1) is 12.5. The lowest BCUT2D eigenvalue weighted by atomic mass is 10.0. The topological polar surface area (TPSA) is 41.4 Å². The summed E-state index contributed by atoms with van der Waals surface area (Å²) in [6, 6.07) is 10.9. The Hall–Kier alpha value is -2.14. The van der Waals surface area contributed by atoms with Crippen LogP contribution in [-0.2, 0) is 24.8 Å². The molecule has 140 valence electrons. The molecule has 1 aromatic heterocycles. The molecule has 1 atom stereocenters. The third-order valence-electron chi connectivity index (χ3n) is 5.66. The zero-order chi connectivity index (χ0) is 18.7. The Labute approximate surface area is 156 Å². The zero-order valence-electron chi connectivity index (χ0n) is 16.4. The summed E-state index contributed by atoms with van der Waals surface area (Å²) in [7, 11) is 3.89. The molecule has 1 aliphatic heterocycles. The molecule has 3 rings (SSSR count). The number of nitrogens with zero attached hydrogens (tertiary/aromatic N) is 4. The van der Waals surface area contributed by atoms with E-state index < -0.39 is 0 Å². The van der Waals surface area contributed by atoms with E-state index in [1.165, 1.54) is 5.56 Å². The van der Waals surface area contributed by atoms with Gasteiger partial charge in [0, 0.05) is 44.5 Å². The summed E-state index contributed by atoms with van der Waals surface area (Å²) in [5.41, 5.74) is 4.45. The lowest BCUT2D eigenvalue weighted by Gasteiger charge is -2.37. The van der Waals surface area contributed by atoms with E-state index >= 15 is 0 Å². The van der Waals surface area contributed by atoms with E-state index in [9.17, 15) is 4.79 Å². The van der Waals surface area contributed by atoms with Gasteiger partial charge in [-0.1, -0.05) is 30.3 Å². The quantitative estimate of drug-likeness (QED) is 0.829. The monoisotopic (exact) mass is 354 g/mol. The summed E-state index contributed by atoms with van der Waals surface area (Å²) >= 11 is 0. The number of rotatable bonds is 5. The van der Waals surface area contributed by atoms with Crippen LogP contribution in [0.1, 0.15) is 35.4 Å². The predicted molar refractivity (Wildman–Crippen MR) is 104 cm³/mol. The Balaban J connectivity index is 1.61. The Morgan fingerprint density at radius 2 is 2.00 bits per heavy atom. The molecule has 1 aromatic carbocycles. The van der Waals surface area contributed by atoms with Gasteiger partial charge in [0.15, 0.2) is 0 Å². The van der Waals surface area contributed by atoms with Gasteiger partial charge in [-0.25, -0.2) is 0 Å². The number of likely N-dealkylation sites (tertiary alicyclic amines) is 1. The Morgan fingerprint density at radius 1 is 1.27 bits per heavy atom. The Bertz CT molecular complexity index is 753. The van der Waals surface area contributed by atoms with Crippen molar-refractivity contribution >= 4 is 5.91 Å². The van der Waals surface area contributed by atoms with Crippen LogP contribution in [0.3, 0.4) is 0 Å². The van der Waals surface area contributed by atoms with Crippen LogP contribution in [0.15, 0.2) is 30.3 Å². The van der Waals surface area contributed by atoms with E-state index in [1.54, 1.807) is 0 Å². The van der Waals surface area contributed by atoms with Crippen molar-refractivity contribution in [2.24, 2.45) is 7.05 Å². The van der Waals surface area contributed by atoms with Crippen molar-refractivity contribution in [2.45, 2.75) is 45.7 Å². The van der Waals surface area contributed by atoms with Crippen LogP contribution < -0.4 is 0 Å². The maximum Gasteiger partial charge on any atom is 0.227 e. The summed E-state index contributed by atoms with van der Waals surface area (Å²) < 4.78 is 1.86. The highest BCUT2D eigenvalue weighted by Crippen LogP contribution is 2.19. The average molecular weight is 354 g/mol. The average Bonchev–Trinajstić information content (AvgIpc) is 2.88. The second-order valence-electron chi connectivity index (χ2n) is 7.47. The molecule has 0 N–H and O–H groups in total. The van der Waals surface area contributed by atoms with Crippen LogP contribution in [0.2, 0.25) is 0 Å². The fourth-order valence-corrected chi connectivity index (χ4v) is 3.89. The van der Waals surface area contributed by atoms with Crippen molar-refractivity contribution in [1.82, 2.24) is 19.6 Å². The molecule has 0 radical (unpaired) electrons. The highest BCUT2D eigenvalue weighted by molar-refractivity contribution is 5.79. The molecule has 2 heterocycles. The number of hydrogen-bond donors (Lipinski definition) is 0. The van der Waals surface area contributed by atoms with E-state index in [2.05, 4.69) is 40.3 Å². The van der Waals surface area contributed by atoms with Crippen molar-refractivity contribution in [3.63, 3.8) is 0 Å². The zero-order valence-corrected chi connectivity index (χ0v) is 16.4. The number of hydrogen-bond acceptors (Lipinski definition) is 3. The number of benzene rings is 1. The number of amides is 1. The van der Waals surface area contributed by atoms with Crippen LogP contribution in [0.4, 0.5) is 0 Å². The molecule has 0 aliphatic carbocycles. The molecule has 5 heteroatoms. The van der Waals surface area contributed by atoms with E-state index in [0.717, 1.165) is 49.4 Å². The van der Waals surface area contributed by atoms with E-state index in [4.69, 9.17) is 0 Å². The first kappa shape index (κ1) is 18.6. The Kier molecular flexibility index (Phi) is 5.77. The van der Waals surface area contributed by atoms with Gasteiger partial charge < -0.3 is 4.90 Å². The molecule has 0 spiro atoms. The van der Waals surface area contributed by atoms with Crippen molar-refractivity contribution in [3.8, 4) is 0 Å². The van der Waals surface area contributed by atoms with E-state index in [1.807, 2.05) is 37.5 Å². The van der Waals surface area contributed by atoms with Gasteiger partial charge in [0.25, 0.3) is 0 Å². The number of piperidine rings is 1. The van der Waals surface area contributed by atoms with Crippen LogP contribution in [0.5, 0.6) is 0 Å². The lowest BCUT2D eigenvalue weighted by Crippen LogP contribution is -2.48. The molecule has 1 amide bonds. The maximum atomic E-state index is 12.9. The molecule has 1 aliphatic rings. The van der Waals surface area contributed by atoms with Crippen molar-refractivity contribution < 1.29 is 4.79 Å². The molecular formula is C21H30N4O. The molecule has 0 saturated carbocycles. The molecule has 1 saturated heterocycles. The molecular weight excluding hydrogens is 324 g/mol. The maximum absolute atomic E-state index is 12.9. The normalized spacial score (nSPS) is 18.1. The minimum atomic E-state index is 0.191. The molecule has 5 nitrogen and oxygen atoms in total. The van der Waals surface area contributed by atoms with Gasteiger partial charge in [-0.05, 0) is 38.8 Å². The van der Waals surface area contributed by atoms with Gasteiger partial charge in [0.05, 0.1) is 12.1 Å². The second kappa shape index (κ2) is 8.04. The van der Waals surface area contributed by atoms with E-state index in [-0.39, 0.29) is 11.9 Å². The summed E-state index contributed by atoms with van der Waals surface area (Å²) in [5, 5.41) is 4.43. The fourth-order valence-electron chi connectivity index (χ4n) is 3.89. The highest BCUT2D eigenvalue weighted by atomic mass is 16.2. The first-order valence-electron chi connectivity index (χ1n) is 9.46. The van der Waals surface area contributed by atoms with Gasteiger partial charge in [0.1, 0.15) is 0 Å². The molecule has 1 fully saturated rings. The number of aromatic nitrogens is 2. The highest BCUT2D eigenvalue weighted by Gasteiger charge is 2.27. The molecule has 0 bridgehead atoms. The first-order valence-corrected chi connectivity index (χ1v) is 9.46. The van der Waals surface area contributed by atoms with Crippen molar-refractivity contribution in [2.75, 3.05) is 20.1 Å². The number of likely N-dealkylation sites (N-methyl/N-ethyl adjacent to an activating group) is 1. The van der Waals surface area contributed by atoms with Gasteiger partial charge in [-0.2, -0.15) is 5.10 Å². The summed E-state index contributed by atoms with van der Waals surface area (Å²) in [4.78, 5) is 17.3. The fraction of sp³-hybridized carbons (Fsp3) is 0.524. The van der Waals surface area contributed by atoms with E-state index in [0.29, 0.717) is 6.42 Å². The minimum Gasteiger partial charge on any atom is -0.341 e. The Morgan fingerprint density at radius 3 is 2.65 bits per heavy atom. The molecule has 2 aromatic rings. The molecule has 26 heavy (non-hydrogen) atoms. The number of carbonyl (C=O) groups excluding carboxylic acids is 1.